The molecule has 0 atom stereocenters. The summed E-state index contributed by atoms with van der Waals surface area (Å²) in [6.45, 7) is 34.3. The van der Waals surface area contributed by atoms with E-state index in [4.69, 9.17) is 0 Å². The summed E-state index contributed by atoms with van der Waals surface area (Å²) in [6, 6.07) is 28.2. The standard InChI is InChI=1S/C49H54B2S3/c1-15-41(43-17-19-45(54-43)51(48-36(10)24-30(4)25-37(48)11)49-38(12)26-31(5)27-39(49)13)52-40(14)42-16-18-44(53-42)50(46-32(6)20-28(2)21-33(46)7)47-34(8)22-29(3)23-35(47)9/h15-27H,14H2,1-13H3/b41-15-. The molecule has 54 heavy (non-hydrogen) atoms. The molecular formula is C49H54B2S3. The number of aryl methyl sites for hydroxylation is 12. The molecule has 0 saturated carbocycles. The fourth-order valence-corrected chi connectivity index (χ4v) is 12.5. The maximum atomic E-state index is 4.69. The first-order valence-electron chi connectivity index (χ1n) is 19.1. The Labute approximate surface area is 339 Å². The predicted octanol–water partition coefficient (Wildman–Crippen LogP) is 10.3. The molecule has 0 fully saturated rings. The Morgan fingerprint density at radius 2 is 0.741 bits per heavy atom. The predicted molar refractivity (Wildman–Crippen MR) is 251 cm³/mol. The van der Waals surface area contributed by atoms with Crippen molar-refractivity contribution >= 4 is 89.1 Å². The third kappa shape index (κ3) is 7.97. The van der Waals surface area contributed by atoms with Gasteiger partial charge in [-0.05, 0) is 112 Å². The van der Waals surface area contributed by atoms with Gasteiger partial charge in [-0.2, -0.15) is 0 Å². The first kappa shape index (κ1) is 39.9. The molecule has 6 aromatic rings. The Morgan fingerprint density at radius 3 is 1.04 bits per heavy atom. The third-order valence-electron chi connectivity index (χ3n) is 10.9. The van der Waals surface area contributed by atoms with Crippen molar-refractivity contribution in [2.45, 2.75) is 90.0 Å². The molecule has 0 aliphatic heterocycles. The lowest BCUT2D eigenvalue weighted by Crippen LogP contribution is -2.54. The molecular weight excluding hydrogens is 706 g/mol. The summed E-state index contributed by atoms with van der Waals surface area (Å²) in [5.41, 5.74) is 21.9. The topological polar surface area (TPSA) is 0 Å². The summed E-state index contributed by atoms with van der Waals surface area (Å²) < 4.78 is 2.75. The van der Waals surface area contributed by atoms with E-state index >= 15 is 0 Å². The van der Waals surface area contributed by atoms with Crippen LogP contribution in [0.4, 0.5) is 0 Å². The highest BCUT2D eigenvalue weighted by Gasteiger charge is 2.32. The molecule has 0 saturated heterocycles. The first-order valence-corrected chi connectivity index (χ1v) is 21.6. The Hall–Kier alpha value is -3.76. The number of thiophene rings is 2. The van der Waals surface area contributed by atoms with Crippen molar-refractivity contribution in [1.29, 1.82) is 0 Å². The van der Waals surface area contributed by atoms with E-state index in [9.17, 15) is 0 Å². The van der Waals surface area contributed by atoms with Crippen molar-refractivity contribution in [2.24, 2.45) is 0 Å². The highest BCUT2D eigenvalue weighted by Crippen LogP contribution is 2.40. The summed E-state index contributed by atoms with van der Waals surface area (Å²) in [7, 11) is 0. The van der Waals surface area contributed by atoms with E-state index in [1.165, 1.54) is 113 Å². The van der Waals surface area contributed by atoms with Crippen LogP contribution in [0, 0.1) is 83.1 Å². The minimum Gasteiger partial charge on any atom is -0.149 e. The van der Waals surface area contributed by atoms with Crippen molar-refractivity contribution in [3.8, 4) is 0 Å². The lowest BCUT2D eigenvalue weighted by molar-refractivity contribution is 1.34. The molecule has 0 bridgehead atoms. The van der Waals surface area contributed by atoms with E-state index < -0.39 is 0 Å². The fourth-order valence-electron chi connectivity index (χ4n) is 9.18. The van der Waals surface area contributed by atoms with Crippen LogP contribution in [0.2, 0.25) is 0 Å². The summed E-state index contributed by atoms with van der Waals surface area (Å²) >= 11 is 5.63. The van der Waals surface area contributed by atoms with Crippen molar-refractivity contribution < 1.29 is 0 Å². The molecule has 0 unspecified atom stereocenters. The monoisotopic (exact) mass is 760 g/mol. The number of allylic oxidation sites excluding steroid dienone is 1. The second-order valence-electron chi connectivity index (χ2n) is 15.7. The van der Waals surface area contributed by atoms with Gasteiger partial charge in [-0.25, -0.2) is 0 Å². The summed E-state index contributed by atoms with van der Waals surface area (Å²) in [6.07, 6.45) is 2.26. The fraction of sp³-hybridized carbons (Fsp3) is 0.265. The third-order valence-corrected chi connectivity index (χ3v) is 14.7. The first-order chi connectivity index (χ1) is 25.6. The van der Waals surface area contributed by atoms with Gasteiger partial charge in [0.05, 0.1) is 0 Å². The quantitative estimate of drug-likeness (QED) is 0.125. The summed E-state index contributed by atoms with van der Waals surface area (Å²) in [5.74, 6) is 0. The largest absolute Gasteiger partial charge is 0.255 e. The van der Waals surface area contributed by atoms with E-state index in [2.05, 4.69) is 175 Å². The van der Waals surface area contributed by atoms with E-state index in [0.29, 0.717) is 0 Å². The van der Waals surface area contributed by atoms with Gasteiger partial charge in [-0.1, -0.05) is 174 Å². The smallest absolute Gasteiger partial charge is 0.149 e. The molecule has 0 amide bonds. The van der Waals surface area contributed by atoms with Gasteiger partial charge in [0.1, 0.15) is 0 Å². The van der Waals surface area contributed by atoms with Gasteiger partial charge in [-0.3, -0.25) is 0 Å². The van der Waals surface area contributed by atoms with Crippen LogP contribution in [-0.2, 0) is 0 Å². The van der Waals surface area contributed by atoms with Crippen LogP contribution in [0.1, 0.15) is 83.4 Å². The molecule has 0 radical (unpaired) electrons. The molecule has 0 spiro atoms. The van der Waals surface area contributed by atoms with Gasteiger partial charge < -0.3 is 0 Å². The van der Waals surface area contributed by atoms with Crippen LogP contribution < -0.4 is 31.4 Å². The highest BCUT2D eigenvalue weighted by molar-refractivity contribution is 8.16. The van der Waals surface area contributed by atoms with Gasteiger partial charge in [-0.15, -0.1) is 22.7 Å². The van der Waals surface area contributed by atoms with Gasteiger partial charge in [0.15, 0.2) is 0 Å². The van der Waals surface area contributed by atoms with Crippen LogP contribution in [0.5, 0.6) is 0 Å². The number of benzene rings is 4. The zero-order valence-electron chi connectivity index (χ0n) is 34.6. The van der Waals surface area contributed by atoms with Crippen LogP contribution in [0.3, 0.4) is 0 Å². The zero-order chi connectivity index (χ0) is 39.2. The second kappa shape index (κ2) is 16.1. The van der Waals surface area contributed by atoms with Crippen molar-refractivity contribution in [1.82, 2.24) is 0 Å². The van der Waals surface area contributed by atoms with E-state index in [-0.39, 0.29) is 13.4 Å². The average Bonchev–Trinajstić information content (AvgIpc) is 3.75. The average molecular weight is 761 g/mol. The van der Waals surface area contributed by atoms with Crippen LogP contribution in [0.25, 0.3) is 9.81 Å². The van der Waals surface area contributed by atoms with Gasteiger partial charge in [0.2, 0.25) is 0 Å². The number of thioether (sulfide) groups is 1. The number of hydrogen-bond acceptors (Lipinski definition) is 3. The Kier molecular flexibility index (Phi) is 11.9. The maximum Gasteiger partial charge on any atom is 0.255 e. The molecule has 274 valence electrons. The molecule has 0 N–H and O–H groups in total. The zero-order valence-corrected chi connectivity index (χ0v) is 37.0. The summed E-state index contributed by atoms with van der Waals surface area (Å²) in [4.78, 5) is 4.87. The molecule has 4 aromatic carbocycles. The highest BCUT2D eigenvalue weighted by atomic mass is 32.2. The Bertz CT molecular complexity index is 2230. The minimum absolute atomic E-state index is 0.170. The van der Waals surface area contributed by atoms with Crippen molar-refractivity contribution in [3.63, 3.8) is 0 Å². The molecule has 5 heteroatoms. The maximum absolute atomic E-state index is 4.69. The molecule has 2 aromatic heterocycles. The minimum atomic E-state index is 0.170. The van der Waals surface area contributed by atoms with Gasteiger partial charge in [0.25, 0.3) is 13.4 Å². The molecule has 6 rings (SSSR count). The van der Waals surface area contributed by atoms with Crippen molar-refractivity contribution in [2.75, 3.05) is 0 Å². The van der Waals surface area contributed by atoms with E-state index in [1.807, 2.05) is 22.7 Å². The van der Waals surface area contributed by atoms with Crippen molar-refractivity contribution in [3.05, 3.63) is 162 Å². The van der Waals surface area contributed by atoms with E-state index in [0.717, 1.165) is 4.91 Å². The van der Waals surface area contributed by atoms with E-state index in [1.54, 1.807) is 11.8 Å². The molecule has 0 aliphatic rings. The van der Waals surface area contributed by atoms with Crippen LogP contribution in [0.15, 0.2) is 85.5 Å². The molecule has 0 nitrogen and oxygen atoms in total. The Balaban J connectivity index is 1.36. The number of hydrogen-bond donors (Lipinski definition) is 0. The Morgan fingerprint density at radius 1 is 0.463 bits per heavy atom. The van der Waals surface area contributed by atoms with Crippen LogP contribution >= 0.6 is 34.4 Å². The second-order valence-corrected chi connectivity index (χ2v) is 19.1. The summed E-state index contributed by atoms with van der Waals surface area (Å²) in [5, 5.41) is 0. The lowest BCUT2D eigenvalue weighted by atomic mass is 9.37. The molecule has 0 aliphatic carbocycles. The normalized spacial score (nSPS) is 11.7. The lowest BCUT2D eigenvalue weighted by Gasteiger charge is -2.23. The van der Waals surface area contributed by atoms with Crippen LogP contribution in [-0.4, -0.2) is 13.4 Å². The molecule has 2 heterocycles. The SMILES string of the molecule is C=C(S/C(=C\C)c1ccc(B(c2c(C)cc(C)cc2C)c2c(C)cc(C)cc2C)s1)c1ccc(B(c2c(C)cc(C)cc2C)c2c(C)cc(C)cc2C)s1. The van der Waals surface area contributed by atoms with Gasteiger partial charge >= 0.3 is 0 Å². The number of rotatable bonds is 10. The van der Waals surface area contributed by atoms with Gasteiger partial charge in [0, 0.05) is 19.6 Å².